The Hall–Kier alpha value is -0.310. The first kappa shape index (κ1) is 5.82. The summed E-state index contributed by atoms with van der Waals surface area (Å²) in [5.74, 6) is 0. The summed E-state index contributed by atoms with van der Waals surface area (Å²) in [4.78, 5) is 14.2. The van der Waals surface area contributed by atoms with Crippen LogP contribution in [0.2, 0.25) is 0 Å². The van der Waals surface area contributed by atoms with Crippen molar-refractivity contribution in [3.8, 4) is 0 Å². The molecule has 0 unspecified atom stereocenters. The van der Waals surface area contributed by atoms with E-state index in [1.54, 1.807) is 0 Å². The van der Waals surface area contributed by atoms with E-state index in [9.17, 15) is 4.79 Å². The molecule has 0 radical (unpaired) electrons. The van der Waals surface area contributed by atoms with Crippen LogP contribution >= 0.6 is 11.8 Å². The second kappa shape index (κ2) is 1.58. The molecule has 0 N–H and O–H groups in total. The van der Waals surface area contributed by atoms with Gasteiger partial charge in [-0.15, -0.1) is 0 Å². The molecular weight excluding hydrogens is 122 g/mol. The summed E-state index contributed by atoms with van der Waals surface area (Å²) < 4.78 is 0. The van der Waals surface area contributed by atoms with E-state index in [0.717, 1.165) is 0 Å². The molecule has 1 aliphatic heterocycles. The Bertz CT molecular complexity index is 151. The second-order valence-corrected chi connectivity index (χ2v) is 3.73. The Morgan fingerprint density at radius 3 is 2.50 bits per heavy atom. The number of carbonyl (C=O) groups excluding carboxylic acids is 1. The molecule has 0 aromatic heterocycles. The highest BCUT2D eigenvalue weighted by Gasteiger charge is 2.25. The van der Waals surface area contributed by atoms with Gasteiger partial charge in [-0.05, 0) is 13.8 Å². The maximum absolute atomic E-state index is 10.5. The van der Waals surface area contributed by atoms with Crippen molar-refractivity contribution < 1.29 is 4.79 Å². The Labute approximate surface area is 52.4 Å². The van der Waals surface area contributed by atoms with Crippen LogP contribution in [0.4, 0.5) is 0 Å². The number of aliphatic imine (C=N–C) groups is 1. The van der Waals surface area contributed by atoms with Crippen LogP contribution in [-0.2, 0) is 4.79 Å². The van der Waals surface area contributed by atoms with Gasteiger partial charge in [0.25, 0.3) is 0 Å². The number of nitrogens with zero attached hydrogens (tertiary/aromatic N) is 1. The standard InChI is InChI=1S/C5H7NOS/c1-5(2)6-3-4(7)8-5/h3H,1-2H3. The van der Waals surface area contributed by atoms with Gasteiger partial charge in [0.1, 0.15) is 4.87 Å². The molecule has 0 spiro atoms. The summed E-state index contributed by atoms with van der Waals surface area (Å²) >= 11 is 1.26. The Morgan fingerprint density at radius 2 is 2.38 bits per heavy atom. The lowest BCUT2D eigenvalue weighted by atomic mass is 10.4. The van der Waals surface area contributed by atoms with E-state index in [-0.39, 0.29) is 9.99 Å². The van der Waals surface area contributed by atoms with E-state index in [1.807, 2.05) is 13.8 Å². The molecule has 1 heterocycles. The van der Waals surface area contributed by atoms with Gasteiger partial charge in [-0.1, -0.05) is 11.8 Å². The summed E-state index contributed by atoms with van der Waals surface area (Å²) in [5, 5.41) is 0.0648. The Kier molecular flexibility index (Phi) is 1.15. The van der Waals surface area contributed by atoms with E-state index in [4.69, 9.17) is 0 Å². The number of rotatable bonds is 0. The van der Waals surface area contributed by atoms with E-state index < -0.39 is 0 Å². The minimum absolute atomic E-state index is 0.0648. The van der Waals surface area contributed by atoms with Crippen molar-refractivity contribution in [2.24, 2.45) is 4.99 Å². The van der Waals surface area contributed by atoms with Crippen LogP contribution < -0.4 is 0 Å². The van der Waals surface area contributed by atoms with Crippen molar-refractivity contribution >= 4 is 23.1 Å². The maximum Gasteiger partial charge on any atom is 0.232 e. The van der Waals surface area contributed by atoms with Gasteiger partial charge in [0, 0.05) is 0 Å². The SMILES string of the molecule is CC1(C)N=CC(=O)S1. The summed E-state index contributed by atoms with van der Waals surface area (Å²) in [6.07, 6.45) is 1.38. The molecule has 1 aliphatic rings. The molecule has 0 fully saturated rings. The third-order valence-electron chi connectivity index (χ3n) is 0.831. The lowest BCUT2D eigenvalue weighted by Gasteiger charge is -2.08. The largest absolute Gasteiger partial charge is 0.280 e. The van der Waals surface area contributed by atoms with Gasteiger partial charge >= 0.3 is 0 Å². The minimum Gasteiger partial charge on any atom is -0.280 e. The fourth-order valence-electron chi connectivity index (χ4n) is 0.507. The van der Waals surface area contributed by atoms with Gasteiger partial charge in [-0.25, -0.2) is 0 Å². The Morgan fingerprint density at radius 1 is 1.75 bits per heavy atom. The fourth-order valence-corrected chi connectivity index (χ4v) is 1.21. The summed E-state index contributed by atoms with van der Waals surface area (Å²) in [5.41, 5.74) is 0. The van der Waals surface area contributed by atoms with Crippen LogP contribution in [-0.4, -0.2) is 16.2 Å². The first-order valence-corrected chi connectivity index (χ1v) is 3.20. The van der Waals surface area contributed by atoms with Crippen LogP contribution in [0.3, 0.4) is 0 Å². The normalized spacial score (nSPS) is 24.5. The van der Waals surface area contributed by atoms with E-state index in [2.05, 4.69) is 4.99 Å². The van der Waals surface area contributed by atoms with Crippen LogP contribution in [0.5, 0.6) is 0 Å². The number of hydrogen-bond donors (Lipinski definition) is 0. The molecule has 0 aromatic rings. The predicted molar refractivity (Wildman–Crippen MR) is 35.2 cm³/mol. The van der Waals surface area contributed by atoms with Crippen molar-refractivity contribution in [3.63, 3.8) is 0 Å². The van der Waals surface area contributed by atoms with Gasteiger partial charge < -0.3 is 0 Å². The summed E-state index contributed by atoms with van der Waals surface area (Å²) in [7, 11) is 0. The molecule has 0 bridgehead atoms. The second-order valence-electron chi connectivity index (χ2n) is 2.13. The molecule has 44 valence electrons. The molecule has 0 saturated carbocycles. The van der Waals surface area contributed by atoms with E-state index in [0.29, 0.717) is 0 Å². The zero-order valence-electron chi connectivity index (χ0n) is 4.84. The lowest BCUT2D eigenvalue weighted by molar-refractivity contribution is -0.105. The van der Waals surface area contributed by atoms with Gasteiger partial charge in [0.05, 0.1) is 6.21 Å². The smallest absolute Gasteiger partial charge is 0.232 e. The highest BCUT2D eigenvalue weighted by molar-refractivity contribution is 8.16. The number of carbonyl (C=O) groups is 1. The molecule has 2 nitrogen and oxygen atoms in total. The molecule has 0 aliphatic carbocycles. The van der Waals surface area contributed by atoms with Crippen molar-refractivity contribution in [3.05, 3.63) is 0 Å². The molecule has 1 rings (SSSR count). The predicted octanol–water partition coefficient (Wildman–Crippen LogP) is 1.07. The lowest BCUT2D eigenvalue weighted by Crippen LogP contribution is -2.05. The highest BCUT2D eigenvalue weighted by atomic mass is 32.2. The molecule has 3 heteroatoms. The zero-order chi connectivity index (χ0) is 6.20. The summed E-state index contributed by atoms with van der Waals surface area (Å²) in [6.45, 7) is 3.83. The monoisotopic (exact) mass is 129 g/mol. The number of hydrogen-bond acceptors (Lipinski definition) is 3. The van der Waals surface area contributed by atoms with Gasteiger partial charge in [0.2, 0.25) is 5.12 Å². The van der Waals surface area contributed by atoms with Crippen molar-refractivity contribution in [1.82, 2.24) is 0 Å². The maximum atomic E-state index is 10.5. The van der Waals surface area contributed by atoms with E-state index >= 15 is 0 Å². The van der Waals surface area contributed by atoms with Crippen LogP contribution in [0.1, 0.15) is 13.8 Å². The van der Waals surface area contributed by atoms with Gasteiger partial charge in [-0.3, -0.25) is 9.79 Å². The van der Waals surface area contributed by atoms with Crippen LogP contribution in [0, 0.1) is 0 Å². The molecule has 0 amide bonds. The first-order chi connectivity index (χ1) is 3.60. The number of thioether (sulfide) groups is 1. The topological polar surface area (TPSA) is 29.4 Å². The molecule has 8 heavy (non-hydrogen) atoms. The van der Waals surface area contributed by atoms with Gasteiger partial charge in [0.15, 0.2) is 0 Å². The third-order valence-corrected chi connectivity index (χ3v) is 1.74. The third kappa shape index (κ3) is 1.10. The summed E-state index contributed by atoms with van der Waals surface area (Å²) in [6, 6.07) is 0. The quantitative estimate of drug-likeness (QED) is 0.489. The van der Waals surface area contributed by atoms with Crippen molar-refractivity contribution in [2.45, 2.75) is 18.7 Å². The average molecular weight is 129 g/mol. The highest BCUT2D eigenvalue weighted by Crippen LogP contribution is 2.29. The van der Waals surface area contributed by atoms with Crippen molar-refractivity contribution in [1.29, 1.82) is 0 Å². The minimum atomic E-state index is -0.197. The van der Waals surface area contributed by atoms with Crippen LogP contribution in [0.25, 0.3) is 0 Å². The zero-order valence-corrected chi connectivity index (χ0v) is 5.66. The molecular formula is C5H7NOS. The van der Waals surface area contributed by atoms with E-state index in [1.165, 1.54) is 18.0 Å². The fraction of sp³-hybridized carbons (Fsp3) is 0.600. The van der Waals surface area contributed by atoms with Crippen molar-refractivity contribution in [2.75, 3.05) is 0 Å². The molecule has 0 atom stereocenters. The molecule has 0 aromatic carbocycles. The first-order valence-electron chi connectivity index (χ1n) is 2.38. The van der Waals surface area contributed by atoms with Crippen LogP contribution in [0.15, 0.2) is 4.99 Å². The van der Waals surface area contributed by atoms with Gasteiger partial charge in [-0.2, -0.15) is 0 Å². The Balaban J connectivity index is 2.72. The average Bonchev–Trinajstić information content (AvgIpc) is 1.82. The molecule has 0 saturated heterocycles.